The first-order valence-corrected chi connectivity index (χ1v) is 9.02. The molecule has 8 heteroatoms. The van der Waals surface area contributed by atoms with E-state index in [2.05, 4.69) is 26.2 Å². The minimum Gasteiger partial charge on any atom is -0.477 e. The van der Waals surface area contributed by atoms with Crippen molar-refractivity contribution in [1.82, 2.24) is 4.98 Å². The quantitative estimate of drug-likeness (QED) is 0.794. The molecule has 2 unspecified atom stereocenters. The van der Waals surface area contributed by atoms with Crippen molar-refractivity contribution in [2.24, 2.45) is 0 Å². The van der Waals surface area contributed by atoms with E-state index in [1.54, 1.807) is 31.2 Å². The highest BCUT2D eigenvalue weighted by Gasteiger charge is 2.39. The lowest BCUT2D eigenvalue weighted by Gasteiger charge is -2.36. The molecule has 7 nitrogen and oxygen atoms in total. The topological polar surface area (TPSA) is 97.6 Å². The molecule has 0 aliphatic carbocycles. The van der Waals surface area contributed by atoms with E-state index in [0.29, 0.717) is 17.9 Å². The normalized spacial score (nSPS) is 17.3. The third-order valence-corrected chi connectivity index (χ3v) is 4.65. The van der Waals surface area contributed by atoms with Crippen molar-refractivity contribution in [3.8, 4) is 5.75 Å². The lowest BCUT2D eigenvalue weighted by molar-refractivity contribution is -0.129. The maximum atomic E-state index is 12.8. The predicted octanol–water partition coefficient (Wildman–Crippen LogP) is 2.96. The van der Waals surface area contributed by atoms with Gasteiger partial charge in [-0.15, -0.1) is 0 Å². The number of rotatable bonds is 4. The van der Waals surface area contributed by atoms with Gasteiger partial charge in [0.1, 0.15) is 11.9 Å². The molecule has 2 heterocycles. The van der Waals surface area contributed by atoms with Crippen LogP contribution in [0.2, 0.25) is 0 Å². The van der Waals surface area contributed by atoms with Gasteiger partial charge in [-0.05, 0) is 49.7 Å². The molecular formula is C18H19BrN4O3. The van der Waals surface area contributed by atoms with Gasteiger partial charge < -0.3 is 15.8 Å². The lowest BCUT2D eigenvalue weighted by atomic mass is 10.1. The number of ether oxygens (including phenoxy) is 1. The van der Waals surface area contributed by atoms with E-state index >= 15 is 0 Å². The van der Waals surface area contributed by atoms with Crippen LogP contribution < -0.4 is 20.7 Å². The number of fused-ring (bicyclic) bond motifs is 1. The molecule has 2 aromatic rings. The number of nitrogens with one attached hydrogen (secondary N) is 1. The summed E-state index contributed by atoms with van der Waals surface area (Å²) < 4.78 is 6.60. The number of benzene rings is 1. The number of hydrogen-bond acceptors (Lipinski definition) is 5. The smallest absolute Gasteiger partial charge is 0.270 e. The molecular weight excluding hydrogens is 400 g/mol. The van der Waals surface area contributed by atoms with Gasteiger partial charge in [0.05, 0.1) is 0 Å². The van der Waals surface area contributed by atoms with Crippen LogP contribution in [0, 0.1) is 0 Å². The van der Waals surface area contributed by atoms with E-state index in [4.69, 9.17) is 10.5 Å². The van der Waals surface area contributed by atoms with Gasteiger partial charge in [0.25, 0.3) is 5.91 Å². The van der Waals surface area contributed by atoms with E-state index < -0.39 is 12.1 Å². The van der Waals surface area contributed by atoms with Gasteiger partial charge in [-0.3, -0.25) is 14.5 Å². The maximum absolute atomic E-state index is 12.8. The first-order chi connectivity index (χ1) is 12.4. The summed E-state index contributed by atoms with van der Waals surface area (Å²) in [5, 5.41) is 2.81. The zero-order chi connectivity index (χ0) is 18.8. The minimum absolute atomic E-state index is 0.251. The van der Waals surface area contributed by atoms with Crippen LogP contribution in [-0.4, -0.2) is 28.9 Å². The number of nitrogen functional groups attached to an aromatic ring is 1. The van der Waals surface area contributed by atoms with E-state index in [1.165, 1.54) is 4.90 Å². The van der Waals surface area contributed by atoms with E-state index in [0.717, 1.165) is 4.47 Å². The fraction of sp³-hybridized carbons (Fsp3) is 0.278. The molecule has 136 valence electrons. The third kappa shape index (κ3) is 3.50. The molecule has 1 aliphatic rings. The molecule has 2 amide bonds. The molecule has 0 saturated heterocycles. The van der Waals surface area contributed by atoms with Crippen molar-refractivity contribution >= 4 is 45.1 Å². The largest absolute Gasteiger partial charge is 0.477 e. The Morgan fingerprint density at radius 3 is 2.69 bits per heavy atom. The molecule has 0 fully saturated rings. The highest BCUT2D eigenvalue weighted by Crippen LogP contribution is 2.35. The van der Waals surface area contributed by atoms with Gasteiger partial charge >= 0.3 is 0 Å². The molecule has 0 saturated carbocycles. The van der Waals surface area contributed by atoms with Crippen LogP contribution in [0.15, 0.2) is 40.9 Å². The number of aromatic nitrogens is 1. The summed E-state index contributed by atoms with van der Waals surface area (Å²) in [5.74, 6) is 0.317. The van der Waals surface area contributed by atoms with Crippen molar-refractivity contribution < 1.29 is 14.3 Å². The van der Waals surface area contributed by atoms with Crippen LogP contribution in [0.25, 0.3) is 0 Å². The number of carbonyl (C=O) groups is 2. The third-order valence-electron chi connectivity index (χ3n) is 4.12. The second-order valence-corrected chi connectivity index (χ2v) is 6.87. The van der Waals surface area contributed by atoms with Crippen molar-refractivity contribution in [1.29, 1.82) is 0 Å². The number of nitrogens with two attached hydrogens (primary N) is 1. The van der Waals surface area contributed by atoms with Gasteiger partial charge in [-0.1, -0.05) is 22.9 Å². The Balaban J connectivity index is 1.90. The average molecular weight is 419 g/mol. The van der Waals surface area contributed by atoms with Crippen LogP contribution in [0.1, 0.15) is 20.3 Å². The van der Waals surface area contributed by atoms with Crippen LogP contribution in [-0.2, 0) is 9.59 Å². The Morgan fingerprint density at radius 2 is 2.04 bits per heavy atom. The Labute approximate surface area is 159 Å². The van der Waals surface area contributed by atoms with Gasteiger partial charge in [0, 0.05) is 10.2 Å². The number of anilines is 3. The summed E-state index contributed by atoms with van der Waals surface area (Å²) in [6.07, 6.45) is -0.170. The van der Waals surface area contributed by atoms with Crippen LogP contribution in [0.3, 0.4) is 0 Å². The Morgan fingerprint density at radius 1 is 1.35 bits per heavy atom. The highest BCUT2D eigenvalue weighted by molar-refractivity contribution is 9.10. The Kier molecular flexibility index (Phi) is 5.13. The van der Waals surface area contributed by atoms with Gasteiger partial charge in [0.2, 0.25) is 5.91 Å². The monoisotopic (exact) mass is 418 g/mol. The van der Waals surface area contributed by atoms with Crippen molar-refractivity contribution in [2.45, 2.75) is 32.4 Å². The number of hydrogen-bond donors (Lipinski definition) is 2. The van der Waals surface area contributed by atoms with Crippen molar-refractivity contribution in [3.63, 3.8) is 0 Å². The summed E-state index contributed by atoms with van der Waals surface area (Å²) in [6.45, 7) is 3.50. The predicted molar refractivity (Wildman–Crippen MR) is 103 cm³/mol. The fourth-order valence-corrected chi connectivity index (χ4v) is 2.97. The first-order valence-electron chi connectivity index (χ1n) is 8.23. The zero-order valence-corrected chi connectivity index (χ0v) is 16.0. The van der Waals surface area contributed by atoms with Crippen LogP contribution >= 0.6 is 15.9 Å². The average Bonchev–Trinajstić information content (AvgIpc) is 2.62. The first kappa shape index (κ1) is 18.2. The molecule has 3 rings (SSSR count). The number of halogens is 1. The highest BCUT2D eigenvalue weighted by atomic mass is 79.9. The van der Waals surface area contributed by atoms with Crippen molar-refractivity contribution in [2.75, 3.05) is 16.0 Å². The maximum Gasteiger partial charge on any atom is 0.270 e. The summed E-state index contributed by atoms with van der Waals surface area (Å²) in [4.78, 5) is 31.1. The lowest BCUT2D eigenvalue weighted by Crippen LogP contribution is -2.53. The second kappa shape index (κ2) is 7.33. The number of nitrogens with zero attached hydrogens (tertiary/aromatic N) is 2. The molecule has 26 heavy (non-hydrogen) atoms. The molecule has 0 spiro atoms. The summed E-state index contributed by atoms with van der Waals surface area (Å²) in [6, 6.07) is 9.68. The summed E-state index contributed by atoms with van der Waals surface area (Å²) in [5.41, 5.74) is 6.40. The minimum atomic E-state index is -0.780. The standard InChI is InChI=1S/C18H19BrN4O3/c1-3-13-18(25)23(16-14(26-13)8-9-15(20)22-16)10(2)17(24)21-12-6-4-11(19)5-7-12/h4-10,13H,3H2,1-2H3,(H2,20,22)(H,21,24). The number of pyridine rings is 1. The fourth-order valence-electron chi connectivity index (χ4n) is 2.71. The Bertz CT molecular complexity index is 841. The Hall–Kier alpha value is -2.61. The number of carbonyl (C=O) groups excluding carboxylic acids is 2. The van der Waals surface area contributed by atoms with Gasteiger partial charge in [-0.2, -0.15) is 0 Å². The van der Waals surface area contributed by atoms with E-state index in [9.17, 15) is 9.59 Å². The van der Waals surface area contributed by atoms with E-state index in [-0.39, 0.29) is 23.5 Å². The molecule has 0 bridgehead atoms. The van der Waals surface area contributed by atoms with E-state index in [1.807, 2.05) is 19.1 Å². The molecule has 2 atom stereocenters. The van der Waals surface area contributed by atoms with Gasteiger partial charge in [0.15, 0.2) is 17.7 Å². The van der Waals surface area contributed by atoms with Crippen molar-refractivity contribution in [3.05, 3.63) is 40.9 Å². The van der Waals surface area contributed by atoms with Crippen LogP contribution in [0.5, 0.6) is 5.75 Å². The molecule has 1 aliphatic heterocycles. The molecule has 1 aromatic heterocycles. The SMILES string of the molecule is CCC1Oc2ccc(N)nc2N(C(C)C(=O)Nc2ccc(Br)cc2)C1=O. The summed E-state index contributed by atoms with van der Waals surface area (Å²) in [7, 11) is 0. The second-order valence-electron chi connectivity index (χ2n) is 5.95. The zero-order valence-electron chi connectivity index (χ0n) is 14.4. The molecule has 0 radical (unpaired) electrons. The summed E-state index contributed by atoms with van der Waals surface area (Å²) >= 11 is 3.35. The van der Waals surface area contributed by atoms with Crippen LogP contribution in [0.4, 0.5) is 17.3 Å². The molecule has 3 N–H and O–H groups in total. The van der Waals surface area contributed by atoms with Gasteiger partial charge in [-0.25, -0.2) is 4.98 Å². The molecule has 1 aromatic carbocycles. The number of amides is 2.